The molecule has 0 saturated heterocycles. The van der Waals surface area contributed by atoms with E-state index < -0.39 is 0 Å². The van der Waals surface area contributed by atoms with E-state index in [9.17, 15) is 4.79 Å². The molecular weight excluding hydrogens is 270 g/mol. The van der Waals surface area contributed by atoms with Gasteiger partial charge in [-0.15, -0.1) is 0 Å². The molecule has 2 rings (SSSR count). The molecule has 1 N–H and O–H groups in total. The molecule has 0 fully saturated rings. The monoisotopic (exact) mass is 285 g/mol. The Bertz CT molecular complexity index is 642. The molecule has 0 radical (unpaired) electrons. The summed E-state index contributed by atoms with van der Waals surface area (Å²) in [5, 5.41) is 3.91. The summed E-state index contributed by atoms with van der Waals surface area (Å²) >= 11 is 0. The molecule has 0 aliphatic carbocycles. The molecular formula is C15H15N3O3. The molecule has 108 valence electrons. The molecule has 1 aromatic heterocycles. The van der Waals surface area contributed by atoms with Gasteiger partial charge in [-0.05, 0) is 24.3 Å². The minimum absolute atomic E-state index is 0.327. The Hall–Kier alpha value is -2.89. The van der Waals surface area contributed by atoms with Crippen molar-refractivity contribution in [2.75, 3.05) is 14.2 Å². The zero-order chi connectivity index (χ0) is 15.1. The SMILES string of the molecule is COc1ccc(/C=N\NC(=O)c2cccnc2)c(OC)c1. The van der Waals surface area contributed by atoms with Gasteiger partial charge in [-0.3, -0.25) is 9.78 Å². The van der Waals surface area contributed by atoms with E-state index in [-0.39, 0.29) is 5.91 Å². The van der Waals surface area contributed by atoms with Crippen LogP contribution in [0.15, 0.2) is 47.8 Å². The van der Waals surface area contributed by atoms with Crippen molar-refractivity contribution in [2.45, 2.75) is 0 Å². The van der Waals surface area contributed by atoms with Crippen LogP contribution in [0.3, 0.4) is 0 Å². The number of nitrogens with zero attached hydrogens (tertiary/aromatic N) is 2. The van der Waals surface area contributed by atoms with Crippen LogP contribution in [0.4, 0.5) is 0 Å². The first kappa shape index (κ1) is 14.5. The van der Waals surface area contributed by atoms with Crippen LogP contribution in [-0.2, 0) is 0 Å². The van der Waals surface area contributed by atoms with E-state index in [1.807, 2.05) is 0 Å². The summed E-state index contributed by atoms with van der Waals surface area (Å²) in [7, 11) is 3.14. The second kappa shape index (κ2) is 7.04. The molecule has 1 amide bonds. The average Bonchev–Trinajstić information content (AvgIpc) is 2.55. The summed E-state index contributed by atoms with van der Waals surface area (Å²) in [4.78, 5) is 15.6. The van der Waals surface area contributed by atoms with Crippen molar-refractivity contribution in [3.63, 3.8) is 0 Å². The van der Waals surface area contributed by atoms with Gasteiger partial charge in [0.1, 0.15) is 11.5 Å². The number of ether oxygens (including phenoxy) is 2. The van der Waals surface area contributed by atoms with E-state index in [1.165, 1.54) is 12.4 Å². The topological polar surface area (TPSA) is 72.8 Å². The van der Waals surface area contributed by atoms with Crippen molar-refractivity contribution < 1.29 is 14.3 Å². The molecule has 0 aliphatic heterocycles. The fraction of sp³-hybridized carbons (Fsp3) is 0.133. The lowest BCUT2D eigenvalue weighted by atomic mass is 10.2. The molecule has 1 heterocycles. The highest BCUT2D eigenvalue weighted by Gasteiger charge is 2.04. The van der Waals surface area contributed by atoms with Crippen LogP contribution in [0, 0.1) is 0 Å². The van der Waals surface area contributed by atoms with Gasteiger partial charge in [-0.25, -0.2) is 5.43 Å². The van der Waals surface area contributed by atoms with Gasteiger partial charge in [0.25, 0.3) is 5.91 Å². The number of aromatic nitrogens is 1. The molecule has 6 nitrogen and oxygen atoms in total. The lowest BCUT2D eigenvalue weighted by molar-refractivity contribution is 0.0955. The van der Waals surface area contributed by atoms with E-state index >= 15 is 0 Å². The average molecular weight is 285 g/mol. The van der Waals surface area contributed by atoms with E-state index in [1.54, 1.807) is 50.7 Å². The smallest absolute Gasteiger partial charge is 0.272 e. The highest BCUT2D eigenvalue weighted by molar-refractivity contribution is 5.94. The van der Waals surface area contributed by atoms with Crippen LogP contribution in [0.5, 0.6) is 11.5 Å². The summed E-state index contributed by atoms with van der Waals surface area (Å²) in [6, 6.07) is 8.66. The summed E-state index contributed by atoms with van der Waals surface area (Å²) in [5.74, 6) is 0.962. The third-order valence-corrected chi connectivity index (χ3v) is 2.73. The van der Waals surface area contributed by atoms with E-state index in [4.69, 9.17) is 9.47 Å². The number of carbonyl (C=O) groups excluding carboxylic acids is 1. The summed E-state index contributed by atoms with van der Waals surface area (Å²) < 4.78 is 10.3. The maximum atomic E-state index is 11.8. The van der Waals surface area contributed by atoms with E-state index in [0.29, 0.717) is 17.1 Å². The van der Waals surface area contributed by atoms with Gasteiger partial charge in [-0.2, -0.15) is 5.10 Å². The Morgan fingerprint density at radius 2 is 2.14 bits per heavy atom. The van der Waals surface area contributed by atoms with Crippen molar-refractivity contribution in [2.24, 2.45) is 5.10 Å². The maximum Gasteiger partial charge on any atom is 0.272 e. The number of nitrogens with one attached hydrogen (secondary N) is 1. The fourth-order valence-corrected chi connectivity index (χ4v) is 1.65. The van der Waals surface area contributed by atoms with Crippen molar-refractivity contribution in [3.8, 4) is 11.5 Å². The van der Waals surface area contributed by atoms with Gasteiger partial charge >= 0.3 is 0 Å². The molecule has 0 aliphatic rings. The number of benzene rings is 1. The predicted octanol–water partition coefficient (Wildman–Crippen LogP) is 1.86. The third kappa shape index (κ3) is 3.79. The van der Waals surface area contributed by atoms with Crippen LogP contribution in [0.2, 0.25) is 0 Å². The van der Waals surface area contributed by atoms with Gasteiger partial charge < -0.3 is 9.47 Å². The summed E-state index contributed by atoms with van der Waals surface area (Å²) in [6.45, 7) is 0. The van der Waals surface area contributed by atoms with Gasteiger partial charge in [0.2, 0.25) is 0 Å². The normalized spacial score (nSPS) is 10.4. The zero-order valence-electron chi connectivity index (χ0n) is 11.7. The Morgan fingerprint density at radius 3 is 2.81 bits per heavy atom. The first-order valence-corrected chi connectivity index (χ1v) is 6.20. The van der Waals surface area contributed by atoms with E-state index in [2.05, 4.69) is 15.5 Å². The molecule has 21 heavy (non-hydrogen) atoms. The van der Waals surface area contributed by atoms with Crippen LogP contribution < -0.4 is 14.9 Å². The van der Waals surface area contributed by atoms with Gasteiger partial charge in [0.05, 0.1) is 26.0 Å². The molecule has 0 atom stereocenters. The number of carbonyl (C=O) groups is 1. The minimum Gasteiger partial charge on any atom is -0.497 e. The van der Waals surface area contributed by atoms with Crippen molar-refractivity contribution in [3.05, 3.63) is 53.9 Å². The molecule has 0 bridgehead atoms. The first-order valence-electron chi connectivity index (χ1n) is 6.20. The van der Waals surface area contributed by atoms with Gasteiger partial charge in [0.15, 0.2) is 0 Å². The summed E-state index contributed by atoms with van der Waals surface area (Å²) in [6.07, 6.45) is 4.58. The Kier molecular flexibility index (Phi) is 4.87. The molecule has 0 unspecified atom stereocenters. The molecule has 0 saturated carbocycles. The quantitative estimate of drug-likeness (QED) is 0.672. The summed E-state index contributed by atoms with van der Waals surface area (Å²) in [5.41, 5.74) is 3.60. The number of amides is 1. The number of rotatable bonds is 5. The lowest BCUT2D eigenvalue weighted by Gasteiger charge is -2.06. The largest absolute Gasteiger partial charge is 0.497 e. The van der Waals surface area contributed by atoms with Crippen LogP contribution >= 0.6 is 0 Å². The number of pyridine rings is 1. The van der Waals surface area contributed by atoms with Crippen LogP contribution in [-0.4, -0.2) is 31.3 Å². The predicted molar refractivity (Wildman–Crippen MR) is 78.8 cm³/mol. The molecule has 6 heteroatoms. The van der Waals surface area contributed by atoms with Crippen LogP contribution in [0.1, 0.15) is 15.9 Å². The highest BCUT2D eigenvalue weighted by Crippen LogP contribution is 2.22. The number of hydrogen-bond acceptors (Lipinski definition) is 5. The second-order valence-electron chi connectivity index (χ2n) is 4.05. The fourth-order valence-electron chi connectivity index (χ4n) is 1.65. The maximum absolute atomic E-state index is 11.8. The molecule has 1 aromatic carbocycles. The van der Waals surface area contributed by atoms with Crippen molar-refractivity contribution in [1.29, 1.82) is 0 Å². The number of hydrazone groups is 1. The standard InChI is InChI=1S/C15H15N3O3/c1-20-13-6-5-11(14(8-13)21-2)10-17-18-15(19)12-4-3-7-16-9-12/h3-10H,1-2H3,(H,18,19)/b17-10-. The van der Waals surface area contributed by atoms with Crippen molar-refractivity contribution in [1.82, 2.24) is 10.4 Å². The number of hydrogen-bond donors (Lipinski definition) is 1. The lowest BCUT2D eigenvalue weighted by Crippen LogP contribution is -2.17. The van der Waals surface area contributed by atoms with Crippen molar-refractivity contribution >= 4 is 12.1 Å². The Balaban J connectivity index is 2.06. The number of methoxy groups -OCH3 is 2. The van der Waals surface area contributed by atoms with Gasteiger partial charge in [0, 0.05) is 24.0 Å². The minimum atomic E-state index is -0.327. The third-order valence-electron chi connectivity index (χ3n) is 2.73. The van der Waals surface area contributed by atoms with Gasteiger partial charge in [-0.1, -0.05) is 0 Å². The Labute approximate surface area is 122 Å². The second-order valence-corrected chi connectivity index (χ2v) is 4.05. The van der Waals surface area contributed by atoms with Crippen LogP contribution in [0.25, 0.3) is 0 Å². The Morgan fingerprint density at radius 1 is 1.29 bits per heavy atom. The molecule has 2 aromatic rings. The zero-order valence-corrected chi connectivity index (χ0v) is 11.7. The molecule has 0 spiro atoms. The first-order chi connectivity index (χ1) is 10.2. The van der Waals surface area contributed by atoms with E-state index in [0.717, 1.165) is 5.56 Å². The highest BCUT2D eigenvalue weighted by atomic mass is 16.5.